The van der Waals surface area contributed by atoms with Gasteiger partial charge in [0.05, 0.1) is 0 Å². The van der Waals surface area contributed by atoms with Crippen LogP contribution in [0.4, 0.5) is 0 Å². The van der Waals surface area contributed by atoms with Gasteiger partial charge in [0.1, 0.15) is 5.84 Å². The van der Waals surface area contributed by atoms with E-state index in [1.165, 1.54) is 0 Å². The number of amidine groups is 1. The fourth-order valence-electron chi connectivity index (χ4n) is 0.917. The Kier molecular flexibility index (Phi) is 6.75. The van der Waals surface area contributed by atoms with Crippen LogP contribution in [0.15, 0.2) is 5.16 Å². The number of hydrogen-bond donors (Lipinski definition) is 3. The quantitative estimate of drug-likeness (QED) is 0.140. The van der Waals surface area contributed by atoms with Crippen molar-refractivity contribution in [1.82, 2.24) is 5.32 Å². The summed E-state index contributed by atoms with van der Waals surface area (Å²) in [5.41, 5.74) is 5.29. The minimum absolute atomic E-state index is 0.270. The number of rotatable bonds is 6. The van der Waals surface area contributed by atoms with E-state index in [1.807, 2.05) is 6.92 Å². The Bertz CT molecular complexity index is 196. The molecular formula is C9H17N3O. The maximum atomic E-state index is 8.24. The molecule has 0 radical (unpaired) electrons. The largest absolute Gasteiger partial charge is 0.409 e. The van der Waals surface area contributed by atoms with Gasteiger partial charge < -0.3 is 16.3 Å². The van der Waals surface area contributed by atoms with Crippen molar-refractivity contribution in [3.8, 4) is 12.3 Å². The molecule has 74 valence electrons. The van der Waals surface area contributed by atoms with Crippen LogP contribution in [-0.4, -0.2) is 23.6 Å². The van der Waals surface area contributed by atoms with Gasteiger partial charge in [-0.15, -0.1) is 12.3 Å². The second-order valence-corrected chi connectivity index (χ2v) is 2.96. The van der Waals surface area contributed by atoms with Gasteiger partial charge in [0, 0.05) is 18.9 Å². The Morgan fingerprint density at radius 1 is 1.77 bits per heavy atom. The molecule has 1 atom stereocenters. The Morgan fingerprint density at radius 3 is 3.00 bits per heavy atom. The molecule has 0 saturated heterocycles. The van der Waals surface area contributed by atoms with Crippen molar-refractivity contribution in [1.29, 1.82) is 0 Å². The highest BCUT2D eigenvalue weighted by molar-refractivity contribution is 5.79. The van der Waals surface area contributed by atoms with Gasteiger partial charge in [-0.05, 0) is 19.9 Å². The molecule has 0 aliphatic rings. The van der Waals surface area contributed by atoms with E-state index in [0.29, 0.717) is 12.5 Å². The molecule has 13 heavy (non-hydrogen) atoms. The Balaban J connectivity index is 3.31. The third-order valence-electron chi connectivity index (χ3n) is 1.65. The molecule has 0 aromatic rings. The Morgan fingerprint density at radius 2 is 2.46 bits per heavy atom. The van der Waals surface area contributed by atoms with Crippen LogP contribution < -0.4 is 11.1 Å². The highest BCUT2D eigenvalue weighted by atomic mass is 16.4. The molecule has 4 heteroatoms. The summed E-state index contributed by atoms with van der Waals surface area (Å²) in [6.45, 7) is 2.86. The Hall–Kier alpha value is -1.21. The van der Waals surface area contributed by atoms with Crippen LogP contribution in [0.25, 0.3) is 0 Å². The van der Waals surface area contributed by atoms with Gasteiger partial charge in [-0.3, -0.25) is 0 Å². The topological polar surface area (TPSA) is 70.6 Å². The van der Waals surface area contributed by atoms with Gasteiger partial charge in [-0.1, -0.05) is 5.16 Å². The molecule has 0 fully saturated rings. The number of nitrogens with one attached hydrogen (secondary N) is 1. The smallest absolute Gasteiger partial charge is 0.139 e. The second-order valence-electron chi connectivity index (χ2n) is 2.96. The molecule has 0 aliphatic heterocycles. The summed E-state index contributed by atoms with van der Waals surface area (Å²) < 4.78 is 0. The summed E-state index contributed by atoms with van der Waals surface area (Å²) in [7, 11) is 0. The van der Waals surface area contributed by atoms with Crippen molar-refractivity contribution in [2.75, 3.05) is 6.54 Å². The van der Waals surface area contributed by atoms with Crippen LogP contribution in [0.1, 0.15) is 26.2 Å². The molecule has 0 bridgehead atoms. The molecule has 0 spiro atoms. The van der Waals surface area contributed by atoms with Crippen molar-refractivity contribution < 1.29 is 5.21 Å². The molecule has 4 N–H and O–H groups in total. The molecule has 0 aromatic heterocycles. The van der Waals surface area contributed by atoms with Crippen LogP contribution in [0.2, 0.25) is 0 Å². The van der Waals surface area contributed by atoms with Crippen LogP contribution in [0.3, 0.4) is 0 Å². The maximum Gasteiger partial charge on any atom is 0.139 e. The molecule has 0 saturated carbocycles. The fourth-order valence-corrected chi connectivity index (χ4v) is 0.917. The highest BCUT2D eigenvalue weighted by Gasteiger charge is 1.98. The number of hydrogen-bond acceptors (Lipinski definition) is 3. The van der Waals surface area contributed by atoms with Gasteiger partial charge in [0.15, 0.2) is 0 Å². The molecule has 0 aromatic carbocycles. The summed E-state index contributed by atoms with van der Waals surface area (Å²) in [5.74, 6) is 2.85. The lowest BCUT2D eigenvalue weighted by molar-refractivity contribution is 0.316. The first kappa shape index (κ1) is 11.8. The number of nitrogens with two attached hydrogens (primary N) is 1. The predicted octanol–water partition coefficient (Wildman–Crippen LogP) is 0.514. The zero-order chi connectivity index (χ0) is 10.1. The molecule has 0 rings (SSSR count). The summed E-state index contributed by atoms with van der Waals surface area (Å²) in [4.78, 5) is 0. The highest BCUT2D eigenvalue weighted by Crippen LogP contribution is 1.91. The summed E-state index contributed by atoms with van der Waals surface area (Å²) in [6, 6.07) is 0.331. The molecule has 0 amide bonds. The second kappa shape index (κ2) is 7.44. The van der Waals surface area contributed by atoms with E-state index in [1.54, 1.807) is 0 Å². The van der Waals surface area contributed by atoms with Crippen LogP contribution >= 0.6 is 0 Å². The lowest BCUT2D eigenvalue weighted by Crippen LogP contribution is -2.27. The lowest BCUT2D eigenvalue weighted by Gasteiger charge is -2.09. The third kappa shape index (κ3) is 7.16. The fraction of sp³-hybridized carbons (Fsp3) is 0.667. The molecule has 0 aliphatic carbocycles. The van der Waals surface area contributed by atoms with E-state index in [4.69, 9.17) is 17.4 Å². The van der Waals surface area contributed by atoms with Gasteiger partial charge in [-0.2, -0.15) is 0 Å². The zero-order valence-electron chi connectivity index (χ0n) is 7.95. The average molecular weight is 183 g/mol. The molecular weight excluding hydrogens is 166 g/mol. The molecule has 1 unspecified atom stereocenters. The Labute approximate surface area is 79.2 Å². The van der Waals surface area contributed by atoms with E-state index in [2.05, 4.69) is 16.4 Å². The van der Waals surface area contributed by atoms with Crippen LogP contribution in [0, 0.1) is 12.3 Å². The molecule has 0 heterocycles. The van der Waals surface area contributed by atoms with Crippen molar-refractivity contribution in [3.63, 3.8) is 0 Å². The van der Waals surface area contributed by atoms with Crippen molar-refractivity contribution >= 4 is 5.84 Å². The standard InChI is InChI=1S/C9H17N3O/c1-3-5-8(2)11-7-4-6-9(10)12-13/h1,8,11,13H,4-7H2,2H3,(H2,10,12). The number of nitrogens with zero attached hydrogens (tertiary/aromatic N) is 1. The van der Waals surface area contributed by atoms with E-state index < -0.39 is 0 Å². The van der Waals surface area contributed by atoms with E-state index >= 15 is 0 Å². The van der Waals surface area contributed by atoms with Gasteiger partial charge in [0.25, 0.3) is 0 Å². The first-order chi connectivity index (χ1) is 6.20. The van der Waals surface area contributed by atoms with Crippen LogP contribution in [-0.2, 0) is 0 Å². The summed E-state index contributed by atoms with van der Waals surface area (Å²) >= 11 is 0. The molecule has 4 nitrogen and oxygen atoms in total. The third-order valence-corrected chi connectivity index (χ3v) is 1.65. The predicted molar refractivity (Wildman–Crippen MR) is 53.6 cm³/mol. The summed E-state index contributed by atoms with van der Waals surface area (Å²) in [5, 5.41) is 14.3. The first-order valence-electron chi connectivity index (χ1n) is 4.34. The minimum atomic E-state index is 0.270. The lowest BCUT2D eigenvalue weighted by atomic mass is 10.2. The van der Waals surface area contributed by atoms with Gasteiger partial charge in [-0.25, -0.2) is 0 Å². The number of oxime groups is 1. The SMILES string of the molecule is C#CCC(C)NCCCC(N)=NO. The monoisotopic (exact) mass is 183 g/mol. The van der Waals surface area contributed by atoms with Crippen molar-refractivity contribution in [2.24, 2.45) is 10.9 Å². The number of terminal acetylenes is 1. The van der Waals surface area contributed by atoms with E-state index in [9.17, 15) is 0 Å². The van der Waals surface area contributed by atoms with Crippen LogP contribution in [0.5, 0.6) is 0 Å². The van der Waals surface area contributed by atoms with Gasteiger partial charge in [0.2, 0.25) is 0 Å². The average Bonchev–Trinajstić information content (AvgIpc) is 2.12. The van der Waals surface area contributed by atoms with E-state index in [-0.39, 0.29) is 5.84 Å². The summed E-state index contributed by atoms with van der Waals surface area (Å²) in [6.07, 6.45) is 7.32. The van der Waals surface area contributed by atoms with Crippen molar-refractivity contribution in [2.45, 2.75) is 32.2 Å². The normalized spacial score (nSPS) is 13.7. The van der Waals surface area contributed by atoms with E-state index in [0.717, 1.165) is 19.4 Å². The van der Waals surface area contributed by atoms with Crippen molar-refractivity contribution in [3.05, 3.63) is 0 Å². The maximum absolute atomic E-state index is 8.24. The minimum Gasteiger partial charge on any atom is -0.409 e. The van der Waals surface area contributed by atoms with Gasteiger partial charge >= 0.3 is 0 Å². The zero-order valence-corrected chi connectivity index (χ0v) is 7.95. The first-order valence-corrected chi connectivity index (χ1v) is 4.34.